The van der Waals surface area contributed by atoms with Crippen molar-refractivity contribution in [2.45, 2.75) is 18.0 Å². The molecule has 3 N–H and O–H groups in total. The van der Waals surface area contributed by atoms with Gasteiger partial charge in [0.2, 0.25) is 0 Å². The molecular weight excluding hydrogens is 350 g/mol. The lowest BCUT2D eigenvalue weighted by atomic mass is 9.88. The van der Waals surface area contributed by atoms with Gasteiger partial charge in [-0.25, -0.2) is 0 Å². The van der Waals surface area contributed by atoms with Gasteiger partial charge in [-0.2, -0.15) is 11.8 Å². The first-order valence-corrected chi connectivity index (χ1v) is 9.04. The molecule has 0 aromatic heterocycles. The molecule has 0 saturated heterocycles. The molecule has 6 heteroatoms. The van der Waals surface area contributed by atoms with Crippen LogP contribution in [-0.4, -0.2) is 42.0 Å². The standard InChI is InChI=1S/C15H18BrN3OS/c1-17-10(7-21-2)15-14-8(5-6-18-15)12-9(19-14)3-4-11(20)13(12)16/h3-6,8,10,14,17,19-20H,7H2,1-2H3. The Hall–Kier alpha value is -0.980. The van der Waals surface area contributed by atoms with Crippen LogP contribution < -0.4 is 10.6 Å². The first-order chi connectivity index (χ1) is 10.2. The van der Waals surface area contributed by atoms with Crippen LogP contribution >= 0.6 is 27.7 Å². The number of hydrogen-bond donors (Lipinski definition) is 3. The SMILES string of the molecule is CNC(CSC)C1=NC=CC2c3c(ccc(O)c3Br)NC12. The van der Waals surface area contributed by atoms with Gasteiger partial charge >= 0.3 is 0 Å². The van der Waals surface area contributed by atoms with Crippen molar-refractivity contribution >= 4 is 39.1 Å². The van der Waals surface area contributed by atoms with Crippen LogP contribution in [0.1, 0.15) is 11.5 Å². The number of fused-ring (bicyclic) bond motifs is 3. The predicted molar refractivity (Wildman–Crippen MR) is 93.8 cm³/mol. The van der Waals surface area contributed by atoms with Crippen LogP contribution in [0.15, 0.2) is 33.9 Å². The zero-order chi connectivity index (χ0) is 15.0. The quantitative estimate of drug-likeness (QED) is 0.716. The molecule has 1 aromatic rings. The van der Waals surface area contributed by atoms with E-state index in [1.807, 2.05) is 31.1 Å². The molecule has 3 atom stereocenters. The largest absolute Gasteiger partial charge is 0.507 e. The molecule has 2 heterocycles. The monoisotopic (exact) mass is 367 g/mol. The van der Waals surface area contributed by atoms with Crippen molar-refractivity contribution in [1.29, 1.82) is 0 Å². The lowest BCUT2D eigenvalue weighted by Gasteiger charge is -2.28. The zero-order valence-corrected chi connectivity index (χ0v) is 14.3. The van der Waals surface area contributed by atoms with E-state index in [1.165, 1.54) is 0 Å². The fourth-order valence-electron chi connectivity index (χ4n) is 3.01. The lowest BCUT2D eigenvalue weighted by Crippen LogP contribution is -2.46. The van der Waals surface area contributed by atoms with Crippen molar-refractivity contribution in [3.05, 3.63) is 34.4 Å². The summed E-state index contributed by atoms with van der Waals surface area (Å²) < 4.78 is 0.775. The number of halogens is 1. The highest BCUT2D eigenvalue weighted by molar-refractivity contribution is 9.10. The smallest absolute Gasteiger partial charge is 0.130 e. The number of rotatable bonds is 4. The van der Waals surface area contributed by atoms with Crippen molar-refractivity contribution in [3.8, 4) is 5.75 Å². The highest BCUT2D eigenvalue weighted by Gasteiger charge is 2.39. The van der Waals surface area contributed by atoms with Gasteiger partial charge in [0.15, 0.2) is 0 Å². The average Bonchev–Trinajstić information content (AvgIpc) is 2.88. The Kier molecular flexibility index (Phi) is 4.28. The van der Waals surface area contributed by atoms with Crippen LogP contribution in [0.2, 0.25) is 0 Å². The fraction of sp³-hybridized carbons (Fsp3) is 0.400. The second-order valence-corrected chi connectivity index (χ2v) is 6.90. The molecule has 3 rings (SSSR count). The van der Waals surface area contributed by atoms with Crippen molar-refractivity contribution in [2.75, 3.05) is 24.4 Å². The van der Waals surface area contributed by atoms with Crippen LogP contribution in [0.3, 0.4) is 0 Å². The summed E-state index contributed by atoms with van der Waals surface area (Å²) in [6.45, 7) is 0. The number of aliphatic imine (C=N–C) groups is 1. The molecule has 112 valence electrons. The van der Waals surface area contributed by atoms with E-state index in [1.54, 1.807) is 6.07 Å². The number of benzene rings is 1. The molecule has 0 amide bonds. The summed E-state index contributed by atoms with van der Waals surface area (Å²) in [7, 11) is 1.97. The Labute approximate surface area is 137 Å². The highest BCUT2D eigenvalue weighted by atomic mass is 79.9. The van der Waals surface area contributed by atoms with E-state index >= 15 is 0 Å². The van der Waals surface area contributed by atoms with Gasteiger partial charge < -0.3 is 15.7 Å². The number of aromatic hydroxyl groups is 1. The summed E-state index contributed by atoms with van der Waals surface area (Å²) in [4.78, 5) is 4.62. The van der Waals surface area contributed by atoms with Crippen LogP contribution in [0.5, 0.6) is 5.75 Å². The van der Waals surface area contributed by atoms with Gasteiger partial charge in [0.1, 0.15) is 5.75 Å². The molecule has 2 aliphatic heterocycles. The molecule has 0 spiro atoms. The summed E-state index contributed by atoms with van der Waals surface area (Å²) in [5.41, 5.74) is 3.30. The summed E-state index contributed by atoms with van der Waals surface area (Å²) in [5, 5.41) is 16.8. The Morgan fingerprint density at radius 1 is 1.52 bits per heavy atom. The summed E-state index contributed by atoms with van der Waals surface area (Å²) in [6.07, 6.45) is 6.09. The minimum absolute atomic E-state index is 0.146. The number of nitrogens with one attached hydrogen (secondary N) is 2. The highest BCUT2D eigenvalue weighted by Crippen LogP contribution is 2.46. The molecular formula is C15H18BrN3OS. The summed E-state index contributed by atoms with van der Waals surface area (Å²) in [6, 6.07) is 4.03. The number of anilines is 1. The molecule has 0 saturated carbocycles. The van der Waals surface area contributed by atoms with E-state index in [0.29, 0.717) is 0 Å². The summed E-state index contributed by atoms with van der Waals surface area (Å²) >= 11 is 5.32. The molecule has 2 aliphatic rings. The topological polar surface area (TPSA) is 56.7 Å². The third kappa shape index (κ3) is 2.49. The third-order valence-corrected chi connectivity index (χ3v) is 5.54. The van der Waals surface area contributed by atoms with E-state index < -0.39 is 0 Å². The van der Waals surface area contributed by atoms with E-state index in [9.17, 15) is 5.11 Å². The van der Waals surface area contributed by atoms with Gasteiger partial charge in [-0.3, -0.25) is 4.99 Å². The molecule has 3 unspecified atom stereocenters. The third-order valence-electron chi connectivity index (χ3n) is 4.04. The van der Waals surface area contributed by atoms with E-state index in [0.717, 1.165) is 27.2 Å². The number of thioether (sulfide) groups is 1. The number of phenolic OH excluding ortho intramolecular Hbond substituents is 1. The van der Waals surface area contributed by atoms with Gasteiger partial charge in [0, 0.05) is 29.1 Å². The second-order valence-electron chi connectivity index (χ2n) is 5.20. The maximum absolute atomic E-state index is 9.93. The normalized spacial score (nSPS) is 24.0. The molecule has 0 radical (unpaired) electrons. The van der Waals surface area contributed by atoms with Gasteiger partial charge in [-0.05, 0) is 41.4 Å². The molecule has 1 aromatic carbocycles. The van der Waals surface area contributed by atoms with E-state index in [2.05, 4.69) is 43.9 Å². The van der Waals surface area contributed by atoms with Crippen LogP contribution in [0.4, 0.5) is 5.69 Å². The van der Waals surface area contributed by atoms with Gasteiger partial charge in [0.25, 0.3) is 0 Å². The van der Waals surface area contributed by atoms with Gasteiger partial charge in [-0.15, -0.1) is 0 Å². The maximum atomic E-state index is 9.93. The molecule has 4 nitrogen and oxygen atoms in total. The van der Waals surface area contributed by atoms with Crippen molar-refractivity contribution in [2.24, 2.45) is 4.99 Å². The Morgan fingerprint density at radius 3 is 3.05 bits per heavy atom. The van der Waals surface area contributed by atoms with Crippen molar-refractivity contribution < 1.29 is 5.11 Å². The van der Waals surface area contributed by atoms with Crippen molar-refractivity contribution in [3.63, 3.8) is 0 Å². The predicted octanol–water partition coefficient (Wildman–Crippen LogP) is 2.95. The molecule has 0 aliphatic carbocycles. The first-order valence-electron chi connectivity index (χ1n) is 6.85. The van der Waals surface area contributed by atoms with Crippen molar-refractivity contribution in [1.82, 2.24) is 5.32 Å². The number of phenols is 1. The number of nitrogens with zero attached hydrogens (tertiary/aromatic N) is 1. The van der Waals surface area contributed by atoms with Crippen LogP contribution in [0.25, 0.3) is 0 Å². The van der Waals surface area contributed by atoms with Gasteiger partial charge in [0.05, 0.1) is 22.3 Å². The molecule has 0 bridgehead atoms. The Morgan fingerprint density at radius 2 is 2.33 bits per heavy atom. The second kappa shape index (κ2) is 6.02. The minimum atomic E-state index is 0.146. The van der Waals surface area contributed by atoms with E-state index in [-0.39, 0.29) is 23.8 Å². The Bertz CT molecular complexity index is 617. The molecule has 21 heavy (non-hydrogen) atoms. The van der Waals surface area contributed by atoms with Crippen LogP contribution in [-0.2, 0) is 0 Å². The summed E-state index contributed by atoms with van der Waals surface area (Å²) in [5.74, 6) is 1.46. The minimum Gasteiger partial charge on any atom is -0.507 e. The Balaban J connectivity index is 1.97. The van der Waals surface area contributed by atoms with Crippen LogP contribution in [0, 0.1) is 0 Å². The fourth-order valence-corrected chi connectivity index (χ4v) is 4.30. The first kappa shape index (κ1) is 14.9. The average molecular weight is 368 g/mol. The van der Waals surface area contributed by atoms with E-state index in [4.69, 9.17) is 0 Å². The maximum Gasteiger partial charge on any atom is 0.130 e. The number of hydrogen-bond acceptors (Lipinski definition) is 5. The lowest BCUT2D eigenvalue weighted by molar-refractivity contribution is 0.471. The zero-order valence-electron chi connectivity index (χ0n) is 11.9. The van der Waals surface area contributed by atoms with Gasteiger partial charge in [-0.1, -0.05) is 6.08 Å². The molecule has 0 fully saturated rings.